The Morgan fingerprint density at radius 2 is 2.00 bits per heavy atom. The van der Waals surface area contributed by atoms with Crippen molar-refractivity contribution in [3.05, 3.63) is 30.1 Å². The number of nitrogens with two attached hydrogens (primary N) is 1. The first kappa shape index (κ1) is 15.3. The molecule has 0 spiro atoms. The Morgan fingerprint density at radius 1 is 1.29 bits per heavy atom. The number of nitrogen functional groups attached to an aromatic ring is 1. The van der Waals surface area contributed by atoms with Crippen molar-refractivity contribution in [3.63, 3.8) is 0 Å². The van der Waals surface area contributed by atoms with Crippen LogP contribution in [-0.4, -0.2) is 16.2 Å². The Hall–Kier alpha value is -2.11. The van der Waals surface area contributed by atoms with Crippen LogP contribution in [-0.2, 0) is 13.0 Å². The van der Waals surface area contributed by atoms with Gasteiger partial charge in [0.15, 0.2) is 0 Å². The number of aryl methyl sites for hydroxylation is 1. The summed E-state index contributed by atoms with van der Waals surface area (Å²) in [6, 6.07) is 6.57. The maximum atomic E-state index is 12.5. The van der Waals surface area contributed by atoms with Gasteiger partial charge in [0, 0.05) is 18.5 Å². The Balaban J connectivity index is 2.52. The predicted octanol–water partition coefficient (Wildman–Crippen LogP) is 3.71. The van der Waals surface area contributed by atoms with Crippen LogP contribution in [0.1, 0.15) is 26.1 Å². The molecule has 0 fully saturated rings. The van der Waals surface area contributed by atoms with E-state index < -0.39 is 6.61 Å². The Bertz CT molecular complexity index is 611. The molecule has 2 aromatic rings. The van der Waals surface area contributed by atoms with Gasteiger partial charge in [0.1, 0.15) is 23.1 Å². The molecule has 0 atom stereocenters. The molecular formula is C15H19F2N3O. The van der Waals surface area contributed by atoms with Gasteiger partial charge in [0.25, 0.3) is 0 Å². The zero-order valence-corrected chi connectivity index (χ0v) is 12.1. The number of ether oxygens (including phenoxy) is 1. The summed E-state index contributed by atoms with van der Waals surface area (Å²) in [7, 11) is 0. The van der Waals surface area contributed by atoms with E-state index in [0.717, 1.165) is 25.2 Å². The molecule has 1 aromatic carbocycles. The van der Waals surface area contributed by atoms with Gasteiger partial charge in [0.05, 0.1) is 0 Å². The first-order valence-electron chi connectivity index (χ1n) is 6.97. The molecule has 2 rings (SSSR count). The molecule has 1 aromatic heterocycles. The summed E-state index contributed by atoms with van der Waals surface area (Å²) in [5.41, 5.74) is 7.14. The van der Waals surface area contributed by atoms with Crippen molar-refractivity contribution in [2.75, 3.05) is 5.73 Å². The molecule has 6 heteroatoms. The minimum absolute atomic E-state index is 0.0861. The molecule has 0 bridgehead atoms. The molecule has 0 unspecified atom stereocenters. The van der Waals surface area contributed by atoms with Crippen LogP contribution in [0.4, 0.5) is 14.6 Å². The van der Waals surface area contributed by atoms with E-state index in [2.05, 4.69) is 9.72 Å². The van der Waals surface area contributed by atoms with Crippen LogP contribution in [0, 0.1) is 0 Å². The molecule has 0 aliphatic carbocycles. The van der Waals surface area contributed by atoms with Crippen molar-refractivity contribution < 1.29 is 13.5 Å². The van der Waals surface area contributed by atoms with Gasteiger partial charge in [-0.25, -0.2) is 4.98 Å². The summed E-state index contributed by atoms with van der Waals surface area (Å²) in [5.74, 6) is 1.42. The lowest BCUT2D eigenvalue weighted by Crippen LogP contribution is -2.06. The SMILES string of the molecule is CCCn1c(CC)nc(-c2ccccc2OC(F)F)c1N. The average molecular weight is 295 g/mol. The van der Waals surface area contributed by atoms with E-state index in [1.54, 1.807) is 18.2 Å². The Morgan fingerprint density at radius 3 is 2.62 bits per heavy atom. The molecule has 0 aliphatic heterocycles. The third kappa shape index (κ3) is 3.15. The molecule has 2 N–H and O–H groups in total. The normalized spacial score (nSPS) is 11.1. The van der Waals surface area contributed by atoms with E-state index in [0.29, 0.717) is 17.1 Å². The summed E-state index contributed by atoms with van der Waals surface area (Å²) in [4.78, 5) is 4.50. The van der Waals surface area contributed by atoms with E-state index in [1.165, 1.54) is 6.07 Å². The van der Waals surface area contributed by atoms with E-state index in [-0.39, 0.29) is 5.75 Å². The van der Waals surface area contributed by atoms with Crippen molar-refractivity contribution in [2.24, 2.45) is 0 Å². The maximum Gasteiger partial charge on any atom is 0.387 e. The highest BCUT2D eigenvalue weighted by Gasteiger charge is 2.19. The number of alkyl halides is 2. The highest BCUT2D eigenvalue weighted by molar-refractivity contribution is 5.76. The van der Waals surface area contributed by atoms with Crippen molar-refractivity contribution in [2.45, 2.75) is 39.8 Å². The number of aromatic nitrogens is 2. The molecule has 4 nitrogen and oxygen atoms in total. The minimum atomic E-state index is -2.88. The van der Waals surface area contributed by atoms with Crippen LogP contribution in [0.25, 0.3) is 11.3 Å². The number of rotatable bonds is 6. The predicted molar refractivity (Wildman–Crippen MR) is 78.4 cm³/mol. The zero-order valence-electron chi connectivity index (χ0n) is 12.1. The van der Waals surface area contributed by atoms with Crippen molar-refractivity contribution in [1.29, 1.82) is 0 Å². The topological polar surface area (TPSA) is 53.1 Å². The first-order valence-corrected chi connectivity index (χ1v) is 6.97. The van der Waals surface area contributed by atoms with Gasteiger partial charge in [-0.15, -0.1) is 0 Å². The maximum absolute atomic E-state index is 12.5. The van der Waals surface area contributed by atoms with Crippen LogP contribution in [0.15, 0.2) is 24.3 Å². The number of para-hydroxylation sites is 1. The van der Waals surface area contributed by atoms with E-state index in [4.69, 9.17) is 5.73 Å². The second kappa shape index (κ2) is 6.56. The fourth-order valence-electron chi connectivity index (χ4n) is 2.32. The fraction of sp³-hybridized carbons (Fsp3) is 0.400. The monoisotopic (exact) mass is 295 g/mol. The summed E-state index contributed by atoms with van der Waals surface area (Å²) >= 11 is 0. The van der Waals surface area contributed by atoms with Gasteiger partial charge in [-0.3, -0.25) is 0 Å². The molecule has 114 valence electrons. The standard InChI is InChI=1S/C15H19F2N3O/c1-3-9-20-12(4-2)19-13(14(20)18)10-7-5-6-8-11(10)21-15(16)17/h5-8,15H,3-4,9,18H2,1-2H3. The number of imidazole rings is 1. The van der Waals surface area contributed by atoms with Crippen LogP contribution in [0.2, 0.25) is 0 Å². The first-order chi connectivity index (χ1) is 10.1. The Labute approximate surface area is 122 Å². The van der Waals surface area contributed by atoms with Gasteiger partial charge in [-0.05, 0) is 18.6 Å². The minimum Gasteiger partial charge on any atom is -0.434 e. The molecule has 0 amide bonds. The zero-order chi connectivity index (χ0) is 15.4. The summed E-state index contributed by atoms with van der Waals surface area (Å²) < 4.78 is 31.5. The highest BCUT2D eigenvalue weighted by atomic mass is 19.3. The van der Waals surface area contributed by atoms with Crippen molar-refractivity contribution in [1.82, 2.24) is 9.55 Å². The van der Waals surface area contributed by atoms with E-state index >= 15 is 0 Å². The lowest BCUT2D eigenvalue weighted by molar-refractivity contribution is -0.0494. The number of hydrogen-bond donors (Lipinski definition) is 1. The second-order valence-electron chi connectivity index (χ2n) is 4.64. The lowest BCUT2D eigenvalue weighted by Gasteiger charge is -2.10. The summed E-state index contributed by atoms with van der Waals surface area (Å²) in [5, 5.41) is 0. The van der Waals surface area contributed by atoms with Gasteiger partial charge >= 0.3 is 6.61 Å². The van der Waals surface area contributed by atoms with Gasteiger partial charge in [-0.1, -0.05) is 26.0 Å². The molecule has 0 saturated carbocycles. The fourth-order valence-corrected chi connectivity index (χ4v) is 2.32. The van der Waals surface area contributed by atoms with E-state index in [1.807, 2.05) is 18.4 Å². The number of hydrogen-bond acceptors (Lipinski definition) is 3. The van der Waals surface area contributed by atoms with Crippen molar-refractivity contribution >= 4 is 5.82 Å². The third-order valence-electron chi connectivity index (χ3n) is 3.21. The number of anilines is 1. The molecule has 0 radical (unpaired) electrons. The molecule has 21 heavy (non-hydrogen) atoms. The third-order valence-corrected chi connectivity index (χ3v) is 3.21. The average Bonchev–Trinajstić information content (AvgIpc) is 2.76. The molecule has 1 heterocycles. The van der Waals surface area contributed by atoms with E-state index in [9.17, 15) is 8.78 Å². The lowest BCUT2D eigenvalue weighted by atomic mass is 10.1. The smallest absolute Gasteiger partial charge is 0.387 e. The number of benzene rings is 1. The summed E-state index contributed by atoms with van der Waals surface area (Å²) in [6.45, 7) is 1.90. The molecule has 0 aliphatic rings. The Kier molecular flexibility index (Phi) is 4.77. The quantitative estimate of drug-likeness (QED) is 0.884. The van der Waals surface area contributed by atoms with Gasteiger partial charge in [0.2, 0.25) is 0 Å². The second-order valence-corrected chi connectivity index (χ2v) is 4.64. The molecular weight excluding hydrogens is 276 g/mol. The van der Waals surface area contributed by atoms with Crippen molar-refractivity contribution in [3.8, 4) is 17.0 Å². The van der Waals surface area contributed by atoms with Gasteiger partial charge < -0.3 is 15.0 Å². The number of nitrogens with zero attached hydrogens (tertiary/aromatic N) is 2. The highest BCUT2D eigenvalue weighted by Crippen LogP contribution is 2.34. The number of halogens is 2. The van der Waals surface area contributed by atoms with Crippen LogP contribution in [0.5, 0.6) is 5.75 Å². The largest absolute Gasteiger partial charge is 0.434 e. The summed E-state index contributed by atoms with van der Waals surface area (Å²) in [6.07, 6.45) is 1.64. The van der Waals surface area contributed by atoms with Gasteiger partial charge in [-0.2, -0.15) is 8.78 Å². The van der Waals surface area contributed by atoms with Crippen LogP contribution < -0.4 is 10.5 Å². The molecule has 0 saturated heterocycles. The van der Waals surface area contributed by atoms with Crippen LogP contribution >= 0.6 is 0 Å². The van der Waals surface area contributed by atoms with Crippen LogP contribution in [0.3, 0.4) is 0 Å².